The van der Waals surface area contributed by atoms with Crippen LogP contribution in [-0.4, -0.2) is 41.5 Å². The number of carbonyl (C=O) groups is 2. The molecule has 144 valence electrons. The molecule has 0 saturated carbocycles. The fourth-order valence-corrected chi connectivity index (χ4v) is 2.66. The van der Waals surface area contributed by atoms with Crippen LogP contribution < -0.4 is 10.1 Å². The Morgan fingerprint density at radius 3 is 2.48 bits per heavy atom. The maximum atomic E-state index is 11.9. The average molecular weight is 391 g/mol. The van der Waals surface area contributed by atoms with Gasteiger partial charge in [0.25, 0.3) is 0 Å². The molecule has 2 aromatic carbocycles. The predicted octanol–water partition coefficient (Wildman–Crippen LogP) is 4.37. The number of hydrogen-bond acceptors (Lipinski definition) is 3. The number of carbonyl (C=O) groups excluding carboxylic acids is 1. The Bertz CT molecular complexity index is 755. The van der Waals surface area contributed by atoms with E-state index >= 15 is 0 Å². The molecule has 2 rings (SSSR count). The molecule has 0 saturated heterocycles. The zero-order valence-electron chi connectivity index (χ0n) is 15.1. The number of halogens is 1. The number of hydrogen-bond donors (Lipinski definition) is 2. The van der Waals surface area contributed by atoms with Gasteiger partial charge in [-0.1, -0.05) is 42.5 Å². The summed E-state index contributed by atoms with van der Waals surface area (Å²) in [5.41, 5.74) is 1.48. The Morgan fingerprint density at radius 2 is 1.81 bits per heavy atom. The smallest absolute Gasteiger partial charge is 0.407 e. The monoisotopic (exact) mass is 390 g/mol. The highest BCUT2D eigenvalue weighted by molar-refractivity contribution is 6.19. The highest BCUT2D eigenvalue weighted by Gasteiger charge is 2.18. The predicted molar refractivity (Wildman–Crippen MR) is 105 cm³/mol. The van der Waals surface area contributed by atoms with Gasteiger partial charge in [-0.3, -0.25) is 4.79 Å². The number of ether oxygens (including phenoxy) is 1. The van der Waals surface area contributed by atoms with Gasteiger partial charge in [-0.2, -0.15) is 0 Å². The molecule has 6 nitrogen and oxygen atoms in total. The van der Waals surface area contributed by atoms with Gasteiger partial charge >= 0.3 is 6.09 Å². The van der Waals surface area contributed by atoms with E-state index in [2.05, 4.69) is 5.32 Å². The molecule has 7 heteroatoms. The molecule has 0 bridgehead atoms. The fraction of sp³-hybridized carbons (Fsp3) is 0.300. The Labute approximate surface area is 163 Å². The Kier molecular flexibility index (Phi) is 7.95. The second kappa shape index (κ2) is 10.4. The lowest BCUT2D eigenvalue weighted by atomic mass is 10.1. The number of alkyl halides is 1. The van der Waals surface area contributed by atoms with Gasteiger partial charge in [0.2, 0.25) is 5.91 Å². The molecule has 0 aliphatic rings. The minimum absolute atomic E-state index is 0.192. The quantitative estimate of drug-likeness (QED) is 0.623. The van der Waals surface area contributed by atoms with E-state index in [0.717, 1.165) is 5.56 Å². The number of nitrogens with zero attached hydrogens (tertiary/aromatic N) is 1. The van der Waals surface area contributed by atoms with E-state index in [1.165, 1.54) is 11.9 Å². The van der Waals surface area contributed by atoms with Crippen LogP contribution in [0.5, 0.6) is 5.75 Å². The van der Waals surface area contributed by atoms with Crippen molar-refractivity contribution in [3.05, 3.63) is 60.2 Å². The van der Waals surface area contributed by atoms with Crippen molar-refractivity contribution in [2.24, 2.45) is 0 Å². The molecule has 2 N–H and O–H groups in total. The first-order chi connectivity index (χ1) is 13.0. The summed E-state index contributed by atoms with van der Waals surface area (Å²) in [6.45, 7) is 0.315. The maximum Gasteiger partial charge on any atom is 0.407 e. The minimum atomic E-state index is -0.990. The molecule has 0 aliphatic carbocycles. The Morgan fingerprint density at radius 1 is 1.15 bits per heavy atom. The lowest BCUT2D eigenvalue weighted by Gasteiger charge is -2.23. The number of rotatable bonds is 9. The highest BCUT2D eigenvalue weighted by atomic mass is 35.5. The zero-order valence-corrected chi connectivity index (χ0v) is 15.9. The molecule has 0 aliphatic heterocycles. The van der Waals surface area contributed by atoms with E-state index in [1.807, 2.05) is 36.4 Å². The van der Waals surface area contributed by atoms with Crippen LogP contribution in [0, 0.1) is 0 Å². The van der Waals surface area contributed by atoms with Crippen LogP contribution in [0.2, 0.25) is 0 Å². The molecule has 0 aromatic heterocycles. The number of nitrogens with one attached hydrogen (secondary N) is 1. The number of benzene rings is 2. The van der Waals surface area contributed by atoms with Crippen molar-refractivity contribution >= 4 is 29.3 Å². The standard InChI is InChI=1S/C20H23ClN2O4/c1-23(20(25)26)14-12-17(15-7-3-2-4-8-15)27-18-10-6-5-9-16(18)22-19(24)11-13-21/h2-10,17H,11-14H2,1H3,(H,22,24)(H,25,26). The van der Waals surface area contributed by atoms with Gasteiger partial charge in [0, 0.05) is 32.3 Å². The number of para-hydroxylation sites is 2. The molecular formula is C20H23ClN2O4. The van der Waals surface area contributed by atoms with Crippen LogP contribution in [0.15, 0.2) is 54.6 Å². The summed E-state index contributed by atoms with van der Waals surface area (Å²) in [5.74, 6) is 0.568. The van der Waals surface area contributed by atoms with E-state index in [0.29, 0.717) is 24.4 Å². The van der Waals surface area contributed by atoms with Crippen molar-refractivity contribution in [1.82, 2.24) is 4.90 Å². The average Bonchev–Trinajstić information content (AvgIpc) is 2.66. The van der Waals surface area contributed by atoms with Crippen LogP contribution in [0.3, 0.4) is 0 Å². The summed E-state index contributed by atoms with van der Waals surface area (Å²) < 4.78 is 6.17. The molecule has 1 unspecified atom stereocenters. The number of carboxylic acid groups (broad SMARTS) is 1. The second-order valence-electron chi connectivity index (χ2n) is 5.99. The Balaban J connectivity index is 2.20. The van der Waals surface area contributed by atoms with Crippen LogP contribution >= 0.6 is 11.6 Å². The highest BCUT2D eigenvalue weighted by Crippen LogP contribution is 2.31. The summed E-state index contributed by atoms with van der Waals surface area (Å²) in [6, 6.07) is 16.7. The maximum absolute atomic E-state index is 11.9. The molecule has 2 aromatic rings. The normalized spacial score (nSPS) is 11.5. The molecule has 0 spiro atoms. The van der Waals surface area contributed by atoms with Gasteiger partial charge in [0.15, 0.2) is 0 Å². The van der Waals surface area contributed by atoms with E-state index in [-0.39, 0.29) is 24.3 Å². The van der Waals surface area contributed by atoms with Gasteiger partial charge in [-0.15, -0.1) is 11.6 Å². The summed E-state index contributed by atoms with van der Waals surface area (Å²) in [5, 5.41) is 11.9. The van der Waals surface area contributed by atoms with Crippen LogP contribution in [0.1, 0.15) is 24.5 Å². The number of amides is 2. The second-order valence-corrected chi connectivity index (χ2v) is 6.37. The summed E-state index contributed by atoms with van der Waals surface area (Å²) in [6.07, 6.45) is -0.673. The third-order valence-electron chi connectivity index (χ3n) is 3.98. The van der Waals surface area contributed by atoms with Crippen molar-refractivity contribution in [1.29, 1.82) is 0 Å². The first-order valence-corrected chi connectivity index (χ1v) is 9.15. The van der Waals surface area contributed by atoms with Gasteiger partial charge in [-0.25, -0.2) is 4.79 Å². The van der Waals surface area contributed by atoms with Gasteiger partial charge in [-0.05, 0) is 17.7 Å². The molecule has 0 fully saturated rings. The Hall–Kier alpha value is -2.73. The summed E-state index contributed by atoms with van der Waals surface area (Å²) in [7, 11) is 1.52. The van der Waals surface area contributed by atoms with Crippen molar-refractivity contribution in [3.8, 4) is 5.75 Å². The third-order valence-corrected chi connectivity index (χ3v) is 4.17. The molecule has 27 heavy (non-hydrogen) atoms. The lowest BCUT2D eigenvalue weighted by molar-refractivity contribution is -0.115. The minimum Gasteiger partial charge on any atom is -0.483 e. The van der Waals surface area contributed by atoms with Crippen LogP contribution in [-0.2, 0) is 4.79 Å². The molecular weight excluding hydrogens is 368 g/mol. The molecule has 1 atom stereocenters. The first-order valence-electron chi connectivity index (χ1n) is 8.61. The van der Waals surface area contributed by atoms with Gasteiger partial charge in [0.1, 0.15) is 11.9 Å². The van der Waals surface area contributed by atoms with E-state index in [4.69, 9.17) is 21.4 Å². The van der Waals surface area contributed by atoms with Crippen molar-refractivity contribution < 1.29 is 19.4 Å². The van der Waals surface area contributed by atoms with Crippen molar-refractivity contribution in [2.45, 2.75) is 18.9 Å². The third kappa shape index (κ3) is 6.49. The topological polar surface area (TPSA) is 78.9 Å². The van der Waals surface area contributed by atoms with Gasteiger partial charge < -0.3 is 20.1 Å². The first kappa shape index (κ1) is 20.6. The zero-order chi connectivity index (χ0) is 19.6. The molecule has 0 heterocycles. The van der Waals surface area contributed by atoms with E-state index in [9.17, 15) is 9.59 Å². The molecule has 0 radical (unpaired) electrons. The molecule has 2 amide bonds. The summed E-state index contributed by atoms with van der Waals surface area (Å²) in [4.78, 5) is 24.2. The lowest BCUT2D eigenvalue weighted by Crippen LogP contribution is -2.27. The van der Waals surface area contributed by atoms with E-state index < -0.39 is 6.09 Å². The largest absolute Gasteiger partial charge is 0.483 e. The number of anilines is 1. The SMILES string of the molecule is CN(CCC(Oc1ccccc1NC(=O)CCCl)c1ccccc1)C(=O)O. The van der Waals surface area contributed by atoms with Gasteiger partial charge in [0.05, 0.1) is 5.69 Å². The van der Waals surface area contributed by atoms with Crippen LogP contribution in [0.25, 0.3) is 0 Å². The van der Waals surface area contributed by atoms with E-state index in [1.54, 1.807) is 18.2 Å². The van der Waals surface area contributed by atoms with Crippen molar-refractivity contribution in [2.75, 3.05) is 24.8 Å². The van der Waals surface area contributed by atoms with Crippen molar-refractivity contribution in [3.63, 3.8) is 0 Å². The summed E-state index contributed by atoms with van der Waals surface area (Å²) >= 11 is 5.62. The fourth-order valence-electron chi connectivity index (χ4n) is 2.49. The van der Waals surface area contributed by atoms with Crippen LogP contribution in [0.4, 0.5) is 10.5 Å².